The maximum absolute atomic E-state index is 7.26. The monoisotopic (exact) mass is 110 g/mol. The number of nitrogens with two attached hydrogens (primary N) is 1. The lowest BCUT2D eigenvalue weighted by Crippen LogP contribution is -2.17. The SMILES string of the molecule is N=C1C2CC(N)CC12. The number of hydrogen-bond acceptors (Lipinski definition) is 2. The van der Waals surface area contributed by atoms with E-state index in [9.17, 15) is 0 Å². The maximum Gasteiger partial charge on any atom is 0.0165 e. The number of rotatable bonds is 0. The van der Waals surface area contributed by atoms with Gasteiger partial charge in [0.05, 0.1) is 0 Å². The molecule has 2 saturated carbocycles. The van der Waals surface area contributed by atoms with Gasteiger partial charge in [0, 0.05) is 23.6 Å². The molecule has 0 amide bonds. The predicted octanol–water partition coefficient (Wildman–Crippen LogP) is 0.373. The van der Waals surface area contributed by atoms with E-state index in [0.29, 0.717) is 17.9 Å². The maximum atomic E-state index is 7.26. The zero-order chi connectivity index (χ0) is 5.72. The van der Waals surface area contributed by atoms with E-state index in [1.165, 1.54) is 0 Å². The largest absolute Gasteiger partial charge is 0.328 e. The van der Waals surface area contributed by atoms with Gasteiger partial charge in [-0.05, 0) is 12.8 Å². The average Bonchev–Trinajstić information content (AvgIpc) is 2.29. The van der Waals surface area contributed by atoms with Crippen molar-refractivity contribution in [1.29, 1.82) is 5.41 Å². The first-order valence-electron chi connectivity index (χ1n) is 3.13. The van der Waals surface area contributed by atoms with Crippen molar-refractivity contribution in [2.75, 3.05) is 0 Å². The van der Waals surface area contributed by atoms with Crippen LogP contribution < -0.4 is 5.73 Å². The zero-order valence-corrected chi connectivity index (χ0v) is 4.72. The van der Waals surface area contributed by atoms with E-state index in [2.05, 4.69) is 0 Å². The van der Waals surface area contributed by atoms with Crippen molar-refractivity contribution < 1.29 is 0 Å². The van der Waals surface area contributed by atoms with Crippen molar-refractivity contribution in [3.8, 4) is 0 Å². The summed E-state index contributed by atoms with van der Waals surface area (Å²) in [6.45, 7) is 0. The summed E-state index contributed by atoms with van der Waals surface area (Å²) in [6, 6.07) is 0.416. The van der Waals surface area contributed by atoms with E-state index in [0.717, 1.165) is 18.6 Å². The summed E-state index contributed by atoms with van der Waals surface area (Å²) < 4.78 is 0. The highest BCUT2D eigenvalue weighted by Gasteiger charge is 2.50. The van der Waals surface area contributed by atoms with Gasteiger partial charge < -0.3 is 11.1 Å². The molecule has 2 unspecified atom stereocenters. The Morgan fingerprint density at radius 3 is 2.25 bits per heavy atom. The molecule has 8 heavy (non-hydrogen) atoms. The van der Waals surface area contributed by atoms with Crippen LogP contribution in [0.5, 0.6) is 0 Å². The number of hydrogen-bond donors (Lipinski definition) is 2. The minimum absolute atomic E-state index is 0.416. The van der Waals surface area contributed by atoms with Crippen LogP contribution in [0.2, 0.25) is 0 Å². The first-order chi connectivity index (χ1) is 3.79. The first-order valence-corrected chi connectivity index (χ1v) is 3.13. The summed E-state index contributed by atoms with van der Waals surface area (Å²) in [5.41, 5.74) is 6.59. The highest BCUT2D eigenvalue weighted by molar-refractivity contribution is 6.02. The van der Waals surface area contributed by atoms with Gasteiger partial charge in [-0.3, -0.25) is 0 Å². The summed E-state index contributed by atoms with van der Waals surface area (Å²) in [5.74, 6) is 1.23. The molecular weight excluding hydrogens is 100 g/mol. The lowest BCUT2D eigenvalue weighted by molar-refractivity contribution is 0.668. The molecule has 2 aliphatic rings. The molecule has 0 spiro atoms. The van der Waals surface area contributed by atoms with Gasteiger partial charge in [0.15, 0.2) is 0 Å². The summed E-state index contributed by atoms with van der Waals surface area (Å²) in [5, 5.41) is 7.26. The van der Waals surface area contributed by atoms with Gasteiger partial charge in [0.2, 0.25) is 0 Å². The van der Waals surface area contributed by atoms with Crippen molar-refractivity contribution in [3.05, 3.63) is 0 Å². The molecule has 0 heterocycles. The molecular formula is C6H10N2. The molecule has 2 nitrogen and oxygen atoms in total. The van der Waals surface area contributed by atoms with Gasteiger partial charge >= 0.3 is 0 Å². The number of fused-ring (bicyclic) bond motifs is 1. The van der Waals surface area contributed by atoms with Crippen LogP contribution >= 0.6 is 0 Å². The van der Waals surface area contributed by atoms with Gasteiger partial charge in [-0.1, -0.05) is 0 Å². The highest BCUT2D eigenvalue weighted by Crippen LogP contribution is 2.47. The minimum atomic E-state index is 0.416. The molecule has 44 valence electrons. The van der Waals surface area contributed by atoms with Crippen LogP contribution in [-0.4, -0.2) is 11.8 Å². The van der Waals surface area contributed by atoms with E-state index in [1.54, 1.807) is 0 Å². The molecule has 2 atom stereocenters. The van der Waals surface area contributed by atoms with E-state index in [4.69, 9.17) is 11.1 Å². The molecule has 2 aliphatic carbocycles. The Labute approximate surface area is 48.6 Å². The van der Waals surface area contributed by atoms with E-state index in [-0.39, 0.29) is 0 Å². The van der Waals surface area contributed by atoms with Crippen LogP contribution in [0.1, 0.15) is 12.8 Å². The normalized spacial score (nSPS) is 51.6. The summed E-state index contributed by atoms with van der Waals surface area (Å²) in [6.07, 6.45) is 2.17. The van der Waals surface area contributed by atoms with Crippen molar-refractivity contribution in [1.82, 2.24) is 0 Å². The van der Waals surface area contributed by atoms with Crippen LogP contribution in [0, 0.1) is 17.2 Å². The van der Waals surface area contributed by atoms with E-state index in [1.807, 2.05) is 0 Å². The fourth-order valence-electron chi connectivity index (χ4n) is 1.71. The van der Waals surface area contributed by atoms with Crippen LogP contribution in [0.15, 0.2) is 0 Å². The first kappa shape index (κ1) is 4.50. The minimum Gasteiger partial charge on any atom is -0.328 e. The number of nitrogens with one attached hydrogen (secondary N) is 1. The molecule has 2 rings (SSSR count). The fraction of sp³-hybridized carbons (Fsp3) is 0.833. The molecule has 3 N–H and O–H groups in total. The molecule has 2 fully saturated rings. The lowest BCUT2D eigenvalue weighted by Gasteiger charge is -2.00. The van der Waals surface area contributed by atoms with Crippen LogP contribution in [-0.2, 0) is 0 Å². The smallest absolute Gasteiger partial charge is 0.0165 e. The summed E-state index contributed by atoms with van der Waals surface area (Å²) in [7, 11) is 0. The predicted molar refractivity (Wildman–Crippen MR) is 31.9 cm³/mol. The topological polar surface area (TPSA) is 49.9 Å². The third kappa shape index (κ3) is 0.388. The Morgan fingerprint density at radius 1 is 1.38 bits per heavy atom. The Hall–Kier alpha value is -0.370. The van der Waals surface area contributed by atoms with E-state index < -0.39 is 0 Å². The van der Waals surface area contributed by atoms with Crippen LogP contribution in [0.25, 0.3) is 0 Å². The summed E-state index contributed by atoms with van der Waals surface area (Å²) >= 11 is 0. The van der Waals surface area contributed by atoms with Crippen LogP contribution in [0.4, 0.5) is 0 Å². The Kier molecular flexibility index (Phi) is 0.637. The highest BCUT2D eigenvalue weighted by atomic mass is 14.8. The second-order valence-corrected chi connectivity index (χ2v) is 2.90. The Balaban J connectivity index is 2.09. The van der Waals surface area contributed by atoms with Gasteiger partial charge in [-0.2, -0.15) is 0 Å². The average molecular weight is 110 g/mol. The summed E-state index contributed by atoms with van der Waals surface area (Å²) in [4.78, 5) is 0. The van der Waals surface area contributed by atoms with Crippen molar-refractivity contribution in [2.45, 2.75) is 18.9 Å². The molecule has 0 bridgehead atoms. The quantitative estimate of drug-likeness (QED) is 0.465. The molecule has 0 aromatic rings. The van der Waals surface area contributed by atoms with Crippen molar-refractivity contribution in [2.24, 2.45) is 17.6 Å². The molecule has 0 aromatic heterocycles. The molecule has 0 radical (unpaired) electrons. The Bertz CT molecular complexity index is 127. The molecule has 0 aromatic carbocycles. The molecule has 0 saturated heterocycles. The molecule has 2 heteroatoms. The second kappa shape index (κ2) is 1.13. The van der Waals surface area contributed by atoms with Gasteiger partial charge in [-0.15, -0.1) is 0 Å². The zero-order valence-electron chi connectivity index (χ0n) is 4.72. The second-order valence-electron chi connectivity index (χ2n) is 2.90. The van der Waals surface area contributed by atoms with Gasteiger partial charge in [0.1, 0.15) is 0 Å². The van der Waals surface area contributed by atoms with Crippen LogP contribution in [0.3, 0.4) is 0 Å². The standard InChI is InChI=1S/C6H10N2/c7-3-1-4-5(2-3)6(4)8/h3-5,8H,1-2,7H2. The fourth-order valence-corrected chi connectivity index (χ4v) is 1.71. The Morgan fingerprint density at radius 2 is 1.88 bits per heavy atom. The van der Waals surface area contributed by atoms with Gasteiger partial charge in [0.25, 0.3) is 0 Å². The molecule has 0 aliphatic heterocycles. The third-order valence-electron chi connectivity index (χ3n) is 2.29. The third-order valence-corrected chi connectivity index (χ3v) is 2.29. The van der Waals surface area contributed by atoms with Gasteiger partial charge in [-0.25, -0.2) is 0 Å². The van der Waals surface area contributed by atoms with Crippen molar-refractivity contribution in [3.63, 3.8) is 0 Å². The van der Waals surface area contributed by atoms with Crippen molar-refractivity contribution >= 4 is 5.71 Å². The van der Waals surface area contributed by atoms with E-state index >= 15 is 0 Å². The lowest BCUT2D eigenvalue weighted by atomic mass is 10.2.